The zero-order chi connectivity index (χ0) is 22.4. The van der Waals surface area contributed by atoms with Gasteiger partial charge in [-0.05, 0) is 41.7 Å². The molecule has 2 aromatic rings. The van der Waals surface area contributed by atoms with Gasteiger partial charge < -0.3 is 10.8 Å². The molecule has 1 saturated heterocycles. The van der Waals surface area contributed by atoms with Gasteiger partial charge in [-0.2, -0.15) is 0 Å². The van der Waals surface area contributed by atoms with Gasteiger partial charge in [0.15, 0.2) is 0 Å². The van der Waals surface area contributed by atoms with Gasteiger partial charge in [-0.3, -0.25) is 10.1 Å². The van der Waals surface area contributed by atoms with Gasteiger partial charge in [0.05, 0.1) is 10.6 Å². The quantitative estimate of drug-likeness (QED) is 0.561. The normalized spacial score (nSPS) is 26.7. The molecule has 8 heteroatoms. The summed E-state index contributed by atoms with van der Waals surface area (Å²) in [6.45, 7) is 5.91. The fraction of sp³-hybridized carbons (Fsp3) is 0.409. The molecular weight excluding hydrogens is 433 g/mol. The highest BCUT2D eigenvalue weighted by molar-refractivity contribution is 6.31. The number of halogens is 4. The molecule has 0 aromatic heterocycles. The van der Waals surface area contributed by atoms with E-state index in [4.69, 9.17) is 28.9 Å². The van der Waals surface area contributed by atoms with E-state index >= 15 is 4.39 Å². The summed E-state index contributed by atoms with van der Waals surface area (Å²) in [5.74, 6) is -3.66. The molecule has 30 heavy (non-hydrogen) atoms. The average Bonchev–Trinajstić information content (AvgIpc) is 2.90. The second-order valence-electron chi connectivity index (χ2n) is 9.01. The van der Waals surface area contributed by atoms with E-state index < -0.39 is 41.1 Å². The van der Waals surface area contributed by atoms with Gasteiger partial charge in [-0.15, -0.1) is 0 Å². The van der Waals surface area contributed by atoms with Crippen molar-refractivity contribution in [2.75, 3.05) is 0 Å². The Bertz CT molecular complexity index is 980. The number of nitrogens with two attached hydrogens (primary N) is 1. The SMILES string of the molecule is CC(C)(C)C[C@@H]1N[C@@H](C(=O)O)[C@H](c2cccc(Cl)c2)[C@@]1(N)c1cc(F)c(Cl)cc1F. The first-order valence-corrected chi connectivity index (χ1v) is 10.3. The Morgan fingerprint density at radius 3 is 2.43 bits per heavy atom. The van der Waals surface area contributed by atoms with Crippen molar-refractivity contribution in [3.8, 4) is 0 Å². The van der Waals surface area contributed by atoms with Crippen molar-refractivity contribution < 1.29 is 18.7 Å². The second-order valence-corrected chi connectivity index (χ2v) is 9.86. The van der Waals surface area contributed by atoms with Crippen molar-refractivity contribution in [1.82, 2.24) is 5.32 Å². The third-order valence-corrected chi connectivity index (χ3v) is 6.10. The zero-order valence-electron chi connectivity index (χ0n) is 16.8. The first-order valence-electron chi connectivity index (χ1n) is 9.53. The van der Waals surface area contributed by atoms with Crippen LogP contribution in [-0.4, -0.2) is 23.2 Å². The Kier molecular flexibility index (Phi) is 6.18. The van der Waals surface area contributed by atoms with Crippen molar-refractivity contribution in [2.24, 2.45) is 11.1 Å². The van der Waals surface area contributed by atoms with Gasteiger partial charge >= 0.3 is 5.97 Å². The highest BCUT2D eigenvalue weighted by Crippen LogP contribution is 2.49. The third kappa shape index (κ3) is 4.19. The van der Waals surface area contributed by atoms with Gasteiger partial charge in [0.2, 0.25) is 0 Å². The highest BCUT2D eigenvalue weighted by Gasteiger charge is 2.58. The van der Waals surface area contributed by atoms with Crippen LogP contribution in [0.2, 0.25) is 10.0 Å². The average molecular weight is 457 g/mol. The van der Waals surface area contributed by atoms with Gasteiger partial charge in [0.1, 0.15) is 17.7 Å². The van der Waals surface area contributed by atoms with Crippen molar-refractivity contribution in [3.63, 3.8) is 0 Å². The largest absolute Gasteiger partial charge is 0.480 e. The fourth-order valence-electron chi connectivity index (χ4n) is 4.38. The van der Waals surface area contributed by atoms with Gasteiger partial charge in [-0.1, -0.05) is 56.1 Å². The van der Waals surface area contributed by atoms with Crippen molar-refractivity contribution in [3.05, 3.63) is 69.2 Å². The summed E-state index contributed by atoms with van der Waals surface area (Å²) in [5.41, 5.74) is 5.45. The summed E-state index contributed by atoms with van der Waals surface area (Å²) < 4.78 is 29.5. The number of nitrogens with one attached hydrogen (secondary N) is 1. The molecule has 0 aliphatic carbocycles. The van der Waals surface area contributed by atoms with E-state index in [1.165, 1.54) is 0 Å². The number of carbonyl (C=O) groups is 1. The Morgan fingerprint density at radius 1 is 1.20 bits per heavy atom. The molecule has 0 unspecified atom stereocenters. The fourth-order valence-corrected chi connectivity index (χ4v) is 4.72. The lowest BCUT2D eigenvalue weighted by atomic mass is 9.68. The van der Waals surface area contributed by atoms with Crippen LogP contribution in [0.3, 0.4) is 0 Å². The van der Waals surface area contributed by atoms with Crippen LogP contribution in [0.1, 0.15) is 44.2 Å². The molecule has 0 bridgehead atoms. The summed E-state index contributed by atoms with van der Waals surface area (Å²) >= 11 is 11.9. The van der Waals surface area contributed by atoms with Crippen LogP contribution in [0, 0.1) is 17.0 Å². The lowest BCUT2D eigenvalue weighted by Crippen LogP contribution is -2.52. The van der Waals surface area contributed by atoms with Crippen molar-refractivity contribution >= 4 is 29.2 Å². The number of hydrogen-bond acceptors (Lipinski definition) is 3. The van der Waals surface area contributed by atoms with E-state index in [1.807, 2.05) is 20.8 Å². The van der Waals surface area contributed by atoms with E-state index in [-0.39, 0.29) is 16.0 Å². The second kappa shape index (κ2) is 8.08. The monoisotopic (exact) mass is 456 g/mol. The molecule has 4 N–H and O–H groups in total. The summed E-state index contributed by atoms with van der Waals surface area (Å²) in [4.78, 5) is 12.2. The molecular formula is C22H24Cl2F2N2O2. The summed E-state index contributed by atoms with van der Waals surface area (Å²) in [6.07, 6.45) is 0.425. The number of aliphatic carboxylic acids is 1. The number of carboxylic acid groups (broad SMARTS) is 1. The number of hydrogen-bond donors (Lipinski definition) is 3. The lowest BCUT2D eigenvalue weighted by molar-refractivity contribution is -0.139. The van der Waals surface area contributed by atoms with E-state index in [9.17, 15) is 14.3 Å². The number of rotatable bonds is 4. The Labute approximate surface area is 184 Å². The smallest absolute Gasteiger partial charge is 0.321 e. The summed E-state index contributed by atoms with van der Waals surface area (Å²) in [7, 11) is 0. The molecule has 0 spiro atoms. The van der Waals surface area contributed by atoms with Crippen LogP contribution in [0.15, 0.2) is 36.4 Å². The van der Waals surface area contributed by atoms with Crippen LogP contribution >= 0.6 is 23.2 Å². The summed E-state index contributed by atoms with van der Waals surface area (Å²) in [6, 6.07) is 6.68. The minimum atomic E-state index is -1.57. The van der Waals surface area contributed by atoms with E-state index in [0.717, 1.165) is 12.1 Å². The van der Waals surface area contributed by atoms with Crippen LogP contribution < -0.4 is 11.1 Å². The molecule has 1 aliphatic rings. The number of benzene rings is 2. The van der Waals surface area contributed by atoms with E-state index in [1.54, 1.807) is 24.3 Å². The number of carboxylic acids is 1. The van der Waals surface area contributed by atoms with Crippen LogP contribution in [-0.2, 0) is 10.3 Å². The van der Waals surface area contributed by atoms with Gasteiger partial charge in [0, 0.05) is 22.5 Å². The van der Waals surface area contributed by atoms with Crippen LogP contribution in [0.5, 0.6) is 0 Å². The van der Waals surface area contributed by atoms with Gasteiger partial charge in [0.25, 0.3) is 0 Å². The maximum atomic E-state index is 15.1. The van der Waals surface area contributed by atoms with Crippen molar-refractivity contribution in [2.45, 2.75) is 50.7 Å². The molecule has 1 aliphatic heterocycles. The topological polar surface area (TPSA) is 75.3 Å². The van der Waals surface area contributed by atoms with Crippen molar-refractivity contribution in [1.29, 1.82) is 0 Å². The van der Waals surface area contributed by atoms with E-state index in [0.29, 0.717) is 17.0 Å². The zero-order valence-corrected chi connectivity index (χ0v) is 18.4. The maximum absolute atomic E-state index is 15.1. The molecule has 0 amide bonds. The molecule has 162 valence electrons. The maximum Gasteiger partial charge on any atom is 0.321 e. The predicted molar refractivity (Wildman–Crippen MR) is 114 cm³/mol. The minimum Gasteiger partial charge on any atom is -0.480 e. The molecule has 4 atom stereocenters. The first kappa shape index (κ1) is 22.9. The van der Waals surface area contributed by atoms with E-state index in [2.05, 4.69) is 5.32 Å². The molecule has 1 fully saturated rings. The Balaban J connectivity index is 2.29. The molecule has 0 saturated carbocycles. The molecule has 0 radical (unpaired) electrons. The summed E-state index contributed by atoms with van der Waals surface area (Å²) in [5, 5.41) is 13.0. The van der Waals surface area contributed by atoms with Crippen LogP contribution in [0.4, 0.5) is 8.78 Å². The molecule has 2 aromatic carbocycles. The van der Waals surface area contributed by atoms with Gasteiger partial charge in [-0.25, -0.2) is 8.78 Å². The lowest BCUT2D eigenvalue weighted by Gasteiger charge is -2.39. The minimum absolute atomic E-state index is 0.125. The van der Waals surface area contributed by atoms with Crippen LogP contribution in [0.25, 0.3) is 0 Å². The highest BCUT2D eigenvalue weighted by atomic mass is 35.5. The molecule has 3 rings (SSSR count). The first-order chi connectivity index (χ1) is 13.8. The molecule has 1 heterocycles. The molecule has 4 nitrogen and oxygen atoms in total. The standard InChI is InChI=1S/C22H24Cl2F2N2O2/c1-21(2,3)10-17-22(27,13-8-16(26)14(24)9-15(13)25)18(19(28-17)20(29)30)11-5-4-6-12(23)7-11/h4-9,17-19,28H,10,27H2,1-3H3,(H,29,30)/t17-,18-,19+,22+/m0/s1. The Hall–Kier alpha value is -1.73. The third-order valence-electron chi connectivity index (χ3n) is 5.57. The predicted octanol–water partition coefficient (Wildman–Crippen LogP) is 5.07. The Morgan fingerprint density at radius 2 is 1.87 bits per heavy atom.